The molecule has 2 rings (SSSR count). The zero-order chi connectivity index (χ0) is 15.9. The van der Waals surface area contributed by atoms with Gasteiger partial charge in [-0.05, 0) is 33.5 Å². The lowest BCUT2D eigenvalue weighted by Gasteiger charge is -2.12. The topological polar surface area (TPSA) is 53.1 Å². The van der Waals surface area contributed by atoms with Crippen molar-refractivity contribution in [3.05, 3.63) is 47.2 Å². The summed E-state index contributed by atoms with van der Waals surface area (Å²) in [4.78, 5) is 11.1. The number of benzene rings is 1. The third-order valence-electron chi connectivity index (χ3n) is 3.29. The minimum Gasteiger partial charge on any atom is -0.366 e. The smallest absolute Gasteiger partial charge is 0.224 e. The van der Waals surface area contributed by atoms with Gasteiger partial charge in [0.1, 0.15) is 5.82 Å². The number of anilines is 2. The first-order valence-corrected chi connectivity index (χ1v) is 7.56. The van der Waals surface area contributed by atoms with Crippen LogP contribution in [0.5, 0.6) is 0 Å². The summed E-state index contributed by atoms with van der Waals surface area (Å²) in [5, 5.41) is 6.62. The van der Waals surface area contributed by atoms with Gasteiger partial charge in [0, 0.05) is 31.4 Å². The maximum atomic E-state index is 4.51. The normalized spacial score (nSPS) is 10.8. The molecule has 5 heteroatoms. The van der Waals surface area contributed by atoms with Crippen molar-refractivity contribution in [3.8, 4) is 0 Å². The quantitative estimate of drug-likeness (QED) is 0.823. The van der Waals surface area contributed by atoms with Crippen LogP contribution in [0, 0.1) is 13.8 Å². The van der Waals surface area contributed by atoms with E-state index in [2.05, 4.69) is 56.7 Å². The van der Waals surface area contributed by atoms with E-state index < -0.39 is 0 Å². The van der Waals surface area contributed by atoms with Gasteiger partial charge in [0.2, 0.25) is 5.95 Å². The van der Waals surface area contributed by atoms with Crippen LogP contribution >= 0.6 is 0 Å². The Morgan fingerprint density at radius 3 is 2.41 bits per heavy atom. The lowest BCUT2D eigenvalue weighted by Crippen LogP contribution is -2.21. The van der Waals surface area contributed by atoms with Crippen LogP contribution in [0.3, 0.4) is 0 Å². The standard InChI is InChI=1S/C17H25N5/c1-13-5-7-15(8-6-13)12-19-16-11-14(2)20-17(21-16)18-9-10-22(3)4/h5-8,11H,9-10,12H2,1-4H3,(H2,18,19,20,21). The van der Waals surface area contributed by atoms with Crippen molar-refractivity contribution in [1.29, 1.82) is 0 Å². The lowest BCUT2D eigenvalue weighted by molar-refractivity contribution is 0.425. The molecule has 1 aromatic carbocycles. The van der Waals surface area contributed by atoms with Crippen LogP contribution in [0.25, 0.3) is 0 Å². The Morgan fingerprint density at radius 2 is 1.73 bits per heavy atom. The second-order valence-electron chi connectivity index (χ2n) is 5.79. The molecule has 118 valence electrons. The molecule has 0 aliphatic carbocycles. The predicted molar refractivity (Wildman–Crippen MR) is 92.3 cm³/mol. The van der Waals surface area contributed by atoms with Crippen LogP contribution in [-0.4, -0.2) is 42.1 Å². The van der Waals surface area contributed by atoms with E-state index in [0.29, 0.717) is 5.95 Å². The van der Waals surface area contributed by atoms with Crippen molar-refractivity contribution in [2.75, 3.05) is 37.8 Å². The van der Waals surface area contributed by atoms with E-state index in [1.165, 1.54) is 11.1 Å². The number of nitrogens with zero attached hydrogens (tertiary/aromatic N) is 3. The molecule has 22 heavy (non-hydrogen) atoms. The number of aryl methyl sites for hydroxylation is 2. The van der Waals surface area contributed by atoms with Crippen molar-refractivity contribution < 1.29 is 0 Å². The van der Waals surface area contributed by atoms with E-state index in [-0.39, 0.29) is 0 Å². The largest absolute Gasteiger partial charge is 0.366 e. The molecule has 0 spiro atoms. The molecule has 1 aromatic heterocycles. The van der Waals surface area contributed by atoms with Crippen molar-refractivity contribution >= 4 is 11.8 Å². The zero-order valence-electron chi connectivity index (χ0n) is 13.8. The minimum absolute atomic E-state index is 0.674. The molecule has 0 saturated heterocycles. The van der Waals surface area contributed by atoms with E-state index in [1.54, 1.807) is 0 Å². The van der Waals surface area contributed by atoms with Gasteiger partial charge in [-0.1, -0.05) is 29.8 Å². The van der Waals surface area contributed by atoms with Crippen molar-refractivity contribution in [2.45, 2.75) is 20.4 Å². The van der Waals surface area contributed by atoms with Crippen LogP contribution in [0.1, 0.15) is 16.8 Å². The number of nitrogens with one attached hydrogen (secondary N) is 2. The van der Waals surface area contributed by atoms with Crippen molar-refractivity contribution in [3.63, 3.8) is 0 Å². The fourth-order valence-electron chi connectivity index (χ4n) is 2.03. The first kappa shape index (κ1) is 16.2. The number of likely N-dealkylation sites (N-methyl/N-ethyl adjacent to an activating group) is 1. The molecule has 0 bridgehead atoms. The van der Waals surface area contributed by atoms with E-state index in [4.69, 9.17) is 0 Å². The molecule has 0 atom stereocenters. The van der Waals surface area contributed by atoms with Crippen LogP contribution in [0.4, 0.5) is 11.8 Å². The van der Waals surface area contributed by atoms with Crippen molar-refractivity contribution in [1.82, 2.24) is 14.9 Å². The molecule has 0 unspecified atom stereocenters. The summed E-state index contributed by atoms with van der Waals surface area (Å²) in [6, 6.07) is 10.5. The van der Waals surface area contributed by atoms with Gasteiger partial charge in [-0.2, -0.15) is 4.98 Å². The van der Waals surface area contributed by atoms with Gasteiger partial charge < -0.3 is 15.5 Å². The summed E-state index contributed by atoms with van der Waals surface area (Å²) in [5.74, 6) is 1.52. The molecule has 1 heterocycles. The molecular formula is C17H25N5. The first-order chi connectivity index (χ1) is 10.5. The highest BCUT2D eigenvalue weighted by molar-refractivity contribution is 5.42. The second-order valence-corrected chi connectivity index (χ2v) is 5.79. The Morgan fingerprint density at radius 1 is 1.00 bits per heavy atom. The molecule has 0 aliphatic rings. The van der Waals surface area contributed by atoms with E-state index in [9.17, 15) is 0 Å². The Kier molecular flexibility index (Phi) is 5.72. The molecule has 0 fully saturated rings. The zero-order valence-corrected chi connectivity index (χ0v) is 13.8. The number of hydrogen-bond acceptors (Lipinski definition) is 5. The Balaban J connectivity index is 1.95. The van der Waals surface area contributed by atoms with Gasteiger partial charge in [-0.3, -0.25) is 0 Å². The average Bonchev–Trinajstić information content (AvgIpc) is 2.46. The van der Waals surface area contributed by atoms with Crippen LogP contribution in [-0.2, 0) is 6.54 Å². The van der Waals surface area contributed by atoms with Crippen LogP contribution in [0.2, 0.25) is 0 Å². The number of rotatable bonds is 7. The average molecular weight is 299 g/mol. The third kappa shape index (κ3) is 5.33. The molecule has 0 radical (unpaired) electrons. The van der Waals surface area contributed by atoms with Crippen LogP contribution in [0.15, 0.2) is 30.3 Å². The molecule has 0 amide bonds. The summed E-state index contributed by atoms with van der Waals surface area (Å²) in [7, 11) is 4.10. The maximum absolute atomic E-state index is 4.51. The van der Waals surface area contributed by atoms with Crippen molar-refractivity contribution in [2.24, 2.45) is 0 Å². The highest BCUT2D eigenvalue weighted by Gasteiger charge is 2.02. The maximum Gasteiger partial charge on any atom is 0.224 e. The molecule has 5 nitrogen and oxygen atoms in total. The van der Waals surface area contributed by atoms with E-state index in [0.717, 1.165) is 31.1 Å². The molecule has 0 aliphatic heterocycles. The fraction of sp³-hybridized carbons (Fsp3) is 0.412. The second kappa shape index (κ2) is 7.75. The van der Waals surface area contributed by atoms with Gasteiger partial charge in [0.15, 0.2) is 0 Å². The first-order valence-electron chi connectivity index (χ1n) is 7.56. The Labute approximate surface area is 132 Å². The van der Waals surface area contributed by atoms with Crippen LogP contribution < -0.4 is 10.6 Å². The van der Waals surface area contributed by atoms with Gasteiger partial charge in [-0.15, -0.1) is 0 Å². The fourth-order valence-corrected chi connectivity index (χ4v) is 2.03. The summed E-state index contributed by atoms with van der Waals surface area (Å²) in [5.41, 5.74) is 3.46. The SMILES string of the molecule is Cc1ccc(CNc2cc(C)nc(NCCN(C)C)n2)cc1. The Hall–Kier alpha value is -2.14. The van der Waals surface area contributed by atoms with Gasteiger partial charge in [0.25, 0.3) is 0 Å². The summed E-state index contributed by atoms with van der Waals surface area (Å²) in [6.45, 7) is 6.61. The number of hydrogen-bond donors (Lipinski definition) is 2. The number of aromatic nitrogens is 2. The van der Waals surface area contributed by atoms with Gasteiger partial charge in [0.05, 0.1) is 0 Å². The van der Waals surface area contributed by atoms with Gasteiger partial charge >= 0.3 is 0 Å². The third-order valence-corrected chi connectivity index (χ3v) is 3.29. The molecule has 0 saturated carbocycles. The van der Waals surface area contributed by atoms with Gasteiger partial charge in [-0.25, -0.2) is 4.98 Å². The monoisotopic (exact) mass is 299 g/mol. The molecule has 2 N–H and O–H groups in total. The minimum atomic E-state index is 0.674. The summed E-state index contributed by atoms with van der Waals surface area (Å²) < 4.78 is 0. The Bertz CT molecular complexity index is 592. The summed E-state index contributed by atoms with van der Waals surface area (Å²) in [6.07, 6.45) is 0. The molecule has 2 aromatic rings. The van der Waals surface area contributed by atoms with E-state index in [1.807, 2.05) is 27.1 Å². The lowest BCUT2D eigenvalue weighted by atomic mass is 10.1. The summed E-state index contributed by atoms with van der Waals surface area (Å²) >= 11 is 0. The highest BCUT2D eigenvalue weighted by Crippen LogP contribution is 2.11. The molecular weight excluding hydrogens is 274 g/mol. The predicted octanol–water partition coefficient (Wildman–Crippen LogP) is 2.68. The van der Waals surface area contributed by atoms with E-state index >= 15 is 0 Å². The highest BCUT2D eigenvalue weighted by atomic mass is 15.2.